The summed E-state index contributed by atoms with van der Waals surface area (Å²) in [6, 6.07) is 0. The Morgan fingerprint density at radius 1 is 1.36 bits per heavy atom. The largest absolute Gasteiger partial charge is 0.481 e. The summed E-state index contributed by atoms with van der Waals surface area (Å²) >= 11 is 0. The van der Waals surface area contributed by atoms with E-state index in [-0.39, 0.29) is 13.0 Å². The van der Waals surface area contributed by atoms with Crippen molar-refractivity contribution in [2.75, 3.05) is 20.3 Å². The number of carboxylic acids is 2. The molecule has 0 aromatic heterocycles. The topological polar surface area (TPSA) is 104 Å². The minimum atomic E-state index is -1.68. The molecule has 0 radical (unpaired) electrons. The van der Waals surface area contributed by atoms with E-state index in [9.17, 15) is 24.9 Å². The average molecular weight is 310 g/mol. The van der Waals surface area contributed by atoms with Crippen LogP contribution in [0.15, 0.2) is 35.5 Å². The molecule has 1 rings (SSSR count). The van der Waals surface area contributed by atoms with Gasteiger partial charge in [-0.25, -0.2) is 0 Å². The second-order valence-electron chi connectivity index (χ2n) is 5.07. The van der Waals surface area contributed by atoms with E-state index in [0.717, 1.165) is 0 Å². The first-order chi connectivity index (χ1) is 10.4. The van der Waals surface area contributed by atoms with E-state index in [1.54, 1.807) is 13.0 Å². The van der Waals surface area contributed by atoms with Gasteiger partial charge in [0.2, 0.25) is 0 Å². The fraction of sp³-hybridized carbons (Fsp3) is 0.500. The second-order valence-corrected chi connectivity index (χ2v) is 5.07. The maximum Gasteiger partial charge on any atom is 0.318 e. The standard InChI is InChI=1S/C16H22O6/c1-3-8-16(15(20)21)12(6-9-17)11(7-10-22-2)4-5-13(16)14(18)19/h3-5,8,13,17H,6-7,9-10H2,1-2H3,(H,18,19)(H,20,21). The zero-order valence-electron chi connectivity index (χ0n) is 12.8. The van der Waals surface area contributed by atoms with Crippen LogP contribution in [0.2, 0.25) is 0 Å². The fourth-order valence-corrected chi connectivity index (χ4v) is 2.92. The number of aliphatic hydroxyl groups excluding tert-OH is 1. The van der Waals surface area contributed by atoms with Crippen molar-refractivity contribution >= 4 is 11.9 Å². The van der Waals surface area contributed by atoms with Crippen molar-refractivity contribution < 1.29 is 29.6 Å². The van der Waals surface area contributed by atoms with E-state index in [1.807, 2.05) is 0 Å². The Bertz CT molecular complexity index is 517. The lowest BCUT2D eigenvalue weighted by atomic mass is 9.64. The number of methoxy groups -OCH3 is 1. The Kier molecular flexibility index (Phi) is 6.52. The molecule has 0 aromatic rings. The molecular weight excluding hydrogens is 288 g/mol. The molecule has 0 bridgehead atoms. The van der Waals surface area contributed by atoms with Crippen molar-refractivity contribution in [1.29, 1.82) is 0 Å². The van der Waals surface area contributed by atoms with E-state index in [1.165, 1.54) is 25.3 Å². The normalized spacial score (nSPS) is 25.0. The number of carboxylic acid groups (broad SMARTS) is 2. The lowest BCUT2D eigenvalue weighted by Gasteiger charge is -2.37. The number of hydrogen-bond acceptors (Lipinski definition) is 4. The Hall–Kier alpha value is -1.92. The zero-order chi connectivity index (χ0) is 16.8. The van der Waals surface area contributed by atoms with Crippen LogP contribution in [0.1, 0.15) is 19.8 Å². The van der Waals surface area contributed by atoms with Crippen LogP contribution in [0, 0.1) is 11.3 Å². The third-order valence-corrected chi connectivity index (χ3v) is 3.85. The predicted octanol–water partition coefficient (Wildman–Crippen LogP) is 1.62. The van der Waals surface area contributed by atoms with Gasteiger partial charge in [-0.2, -0.15) is 0 Å². The first-order valence-electron chi connectivity index (χ1n) is 7.06. The van der Waals surface area contributed by atoms with Gasteiger partial charge in [0.15, 0.2) is 0 Å². The number of aliphatic carboxylic acids is 2. The SMILES string of the molecule is CC=CC1(C(=O)O)C(CCO)=C(CCOC)C=CC1C(=O)O. The molecule has 2 atom stereocenters. The molecule has 6 heteroatoms. The number of hydrogen-bond donors (Lipinski definition) is 3. The van der Waals surface area contributed by atoms with Gasteiger partial charge in [0.25, 0.3) is 0 Å². The molecule has 0 aromatic carbocycles. The fourth-order valence-electron chi connectivity index (χ4n) is 2.92. The van der Waals surface area contributed by atoms with Crippen LogP contribution in [-0.4, -0.2) is 47.6 Å². The van der Waals surface area contributed by atoms with E-state index in [2.05, 4.69) is 0 Å². The predicted molar refractivity (Wildman–Crippen MR) is 80.4 cm³/mol. The van der Waals surface area contributed by atoms with Gasteiger partial charge in [-0.05, 0) is 30.9 Å². The third kappa shape index (κ3) is 3.28. The first kappa shape index (κ1) is 18.1. The Labute approximate surface area is 129 Å². The van der Waals surface area contributed by atoms with Gasteiger partial charge in [0.1, 0.15) is 5.41 Å². The maximum absolute atomic E-state index is 12.0. The minimum absolute atomic E-state index is 0.101. The molecule has 0 amide bonds. The number of aliphatic hydroxyl groups is 1. The van der Waals surface area contributed by atoms with Crippen LogP contribution in [0.25, 0.3) is 0 Å². The number of carbonyl (C=O) groups is 2. The summed E-state index contributed by atoms with van der Waals surface area (Å²) in [6.45, 7) is 1.78. The molecule has 6 nitrogen and oxygen atoms in total. The van der Waals surface area contributed by atoms with E-state index in [4.69, 9.17) is 4.74 Å². The summed E-state index contributed by atoms with van der Waals surface area (Å²) in [7, 11) is 1.54. The highest BCUT2D eigenvalue weighted by atomic mass is 16.5. The first-order valence-corrected chi connectivity index (χ1v) is 7.06. The summed E-state index contributed by atoms with van der Waals surface area (Å²) in [5.41, 5.74) is -0.553. The molecule has 1 aliphatic rings. The Balaban J connectivity index is 3.54. The Morgan fingerprint density at radius 3 is 2.50 bits per heavy atom. The van der Waals surface area contributed by atoms with E-state index < -0.39 is 23.3 Å². The van der Waals surface area contributed by atoms with Gasteiger partial charge in [0, 0.05) is 13.7 Å². The van der Waals surface area contributed by atoms with Crippen molar-refractivity contribution in [3.05, 3.63) is 35.5 Å². The smallest absolute Gasteiger partial charge is 0.318 e. The molecule has 122 valence electrons. The molecule has 2 unspecified atom stereocenters. The van der Waals surface area contributed by atoms with Crippen molar-refractivity contribution in [3.8, 4) is 0 Å². The lowest BCUT2D eigenvalue weighted by Crippen LogP contribution is -2.44. The molecule has 0 aliphatic heterocycles. The summed E-state index contributed by atoms with van der Waals surface area (Å²) in [5, 5.41) is 28.5. The van der Waals surface area contributed by atoms with Crippen molar-refractivity contribution in [2.45, 2.75) is 19.8 Å². The maximum atomic E-state index is 12.0. The molecule has 1 aliphatic carbocycles. The highest BCUT2D eigenvalue weighted by Gasteiger charge is 2.51. The number of allylic oxidation sites excluding steroid dienone is 2. The van der Waals surface area contributed by atoms with Gasteiger partial charge in [0.05, 0.1) is 12.5 Å². The summed E-state index contributed by atoms with van der Waals surface area (Å²) in [4.78, 5) is 23.6. The quantitative estimate of drug-likeness (QED) is 0.589. The lowest BCUT2D eigenvalue weighted by molar-refractivity contribution is -0.154. The molecule has 0 saturated heterocycles. The van der Waals surface area contributed by atoms with Gasteiger partial charge >= 0.3 is 11.9 Å². The molecule has 0 fully saturated rings. The molecule has 3 N–H and O–H groups in total. The van der Waals surface area contributed by atoms with Gasteiger partial charge in [-0.3, -0.25) is 9.59 Å². The molecular formula is C16H22O6. The molecule has 0 saturated carbocycles. The summed E-state index contributed by atoms with van der Waals surface area (Å²) in [6.07, 6.45) is 6.53. The third-order valence-electron chi connectivity index (χ3n) is 3.85. The average Bonchev–Trinajstić information content (AvgIpc) is 2.47. The Morgan fingerprint density at radius 2 is 2.05 bits per heavy atom. The van der Waals surface area contributed by atoms with E-state index in [0.29, 0.717) is 24.2 Å². The van der Waals surface area contributed by atoms with Crippen LogP contribution in [-0.2, 0) is 14.3 Å². The van der Waals surface area contributed by atoms with Crippen molar-refractivity contribution in [2.24, 2.45) is 11.3 Å². The highest BCUT2D eigenvalue weighted by molar-refractivity contribution is 5.91. The van der Waals surface area contributed by atoms with Crippen LogP contribution in [0.4, 0.5) is 0 Å². The van der Waals surface area contributed by atoms with Crippen molar-refractivity contribution in [3.63, 3.8) is 0 Å². The highest BCUT2D eigenvalue weighted by Crippen LogP contribution is 2.46. The van der Waals surface area contributed by atoms with Crippen LogP contribution < -0.4 is 0 Å². The van der Waals surface area contributed by atoms with Crippen LogP contribution in [0.3, 0.4) is 0 Å². The van der Waals surface area contributed by atoms with E-state index >= 15 is 0 Å². The monoisotopic (exact) mass is 310 g/mol. The number of ether oxygens (including phenoxy) is 1. The van der Waals surface area contributed by atoms with Crippen molar-refractivity contribution in [1.82, 2.24) is 0 Å². The second kappa shape index (κ2) is 7.91. The van der Waals surface area contributed by atoms with Gasteiger partial charge in [-0.15, -0.1) is 0 Å². The van der Waals surface area contributed by atoms with Gasteiger partial charge in [-0.1, -0.05) is 24.3 Å². The minimum Gasteiger partial charge on any atom is -0.481 e. The van der Waals surface area contributed by atoms with Gasteiger partial charge < -0.3 is 20.1 Å². The molecule has 0 heterocycles. The summed E-state index contributed by atoms with van der Waals surface area (Å²) < 4.78 is 5.02. The van der Waals surface area contributed by atoms with Crippen LogP contribution in [0.5, 0.6) is 0 Å². The molecule has 22 heavy (non-hydrogen) atoms. The summed E-state index contributed by atoms with van der Waals surface area (Å²) in [5.74, 6) is -3.66. The number of rotatable bonds is 8. The van der Waals surface area contributed by atoms with Crippen LogP contribution >= 0.6 is 0 Å². The molecule has 0 spiro atoms. The zero-order valence-corrected chi connectivity index (χ0v) is 12.8.